The van der Waals surface area contributed by atoms with Crippen LogP contribution in [0.15, 0.2) is 109 Å². The normalized spacial score (nSPS) is 11.3. The molecule has 0 saturated carbocycles. The molecule has 1 aromatic heterocycles. The molecule has 1 heterocycles. The van der Waals surface area contributed by atoms with E-state index in [1.54, 1.807) is 0 Å². The average molecular weight is 402 g/mol. The fourth-order valence-corrected chi connectivity index (χ4v) is 5.42. The molecule has 6 aromatic rings. The van der Waals surface area contributed by atoms with Crippen molar-refractivity contribution in [2.75, 3.05) is 5.32 Å². The Morgan fingerprint density at radius 1 is 0.567 bits per heavy atom. The predicted octanol–water partition coefficient (Wildman–Crippen LogP) is 8.62. The maximum absolute atomic E-state index is 3.68. The van der Waals surface area contributed by atoms with Gasteiger partial charge in [-0.2, -0.15) is 0 Å². The average Bonchev–Trinajstić information content (AvgIpc) is 3.20. The monoisotopic (exact) mass is 401 g/mol. The molecule has 0 saturated heterocycles. The Morgan fingerprint density at radius 2 is 1.33 bits per heavy atom. The van der Waals surface area contributed by atoms with E-state index in [2.05, 4.69) is 115 Å². The second kappa shape index (κ2) is 7.01. The number of benzene rings is 5. The van der Waals surface area contributed by atoms with Gasteiger partial charge >= 0.3 is 0 Å². The summed E-state index contributed by atoms with van der Waals surface area (Å²) in [6.07, 6.45) is 0. The quantitative estimate of drug-likeness (QED) is 0.313. The van der Waals surface area contributed by atoms with Crippen molar-refractivity contribution in [2.24, 2.45) is 0 Å². The van der Waals surface area contributed by atoms with Crippen molar-refractivity contribution in [2.45, 2.75) is 0 Å². The molecule has 30 heavy (non-hydrogen) atoms. The summed E-state index contributed by atoms with van der Waals surface area (Å²) in [5, 5.41) is 8.96. The number of hydrogen-bond donors (Lipinski definition) is 1. The van der Waals surface area contributed by atoms with Crippen LogP contribution in [0.4, 0.5) is 11.4 Å². The number of hydrogen-bond acceptors (Lipinski definition) is 2. The lowest BCUT2D eigenvalue weighted by atomic mass is 10.0. The molecule has 5 aromatic carbocycles. The first-order valence-corrected chi connectivity index (χ1v) is 10.9. The molecule has 0 amide bonds. The van der Waals surface area contributed by atoms with E-state index in [0.29, 0.717) is 0 Å². The van der Waals surface area contributed by atoms with E-state index in [9.17, 15) is 0 Å². The van der Waals surface area contributed by atoms with E-state index in [0.717, 1.165) is 11.4 Å². The van der Waals surface area contributed by atoms with Crippen LogP contribution in [0.5, 0.6) is 0 Å². The van der Waals surface area contributed by atoms with Crippen molar-refractivity contribution in [3.05, 3.63) is 109 Å². The highest BCUT2D eigenvalue weighted by atomic mass is 32.1. The molecule has 0 spiro atoms. The van der Waals surface area contributed by atoms with Gasteiger partial charge in [0.15, 0.2) is 0 Å². The molecule has 6 rings (SSSR count). The van der Waals surface area contributed by atoms with E-state index in [4.69, 9.17) is 0 Å². The van der Waals surface area contributed by atoms with Crippen LogP contribution in [0, 0.1) is 0 Å². The molecule has 0 aliphatic heterocycles. The maximum Gasteiger partial charge on any atom is 0.0590 e. The highest BCUT2D eigenvalue weighted by Gasteiger charge is 2.12. The van der Waals surface area contributed by atoms with Crippen LogP contribution >= 0.6 is 11.3 Å². The van der Waals surface area contributed by atoms with Gasteiger partial charge in [-0.3, -0.25) is 0 Å². The highest BCUT2D eigenvalue weighted by Crippen LogP contribution is 2.42. The van der Waals surface area contributed by atoms with E-state index >= 15 is 0 Å². The summed E-state index contributed by atoms with van der Waals surface area (Å²) < 4.78 is 2.63. The standard InChI is InChI=1S/C28H19NS/c1-2-8-19(9-3-1)21-11-6-12-22(18-21)29-25-15-7-14-24-27-23-13-5-4-10-20(23)16-17-26(27)30-28(24)25/h1-18,29H. The van der Waals surface area contributed by atoms with E-state index < -0.39 is 0 Å². The zero-order chi connectivity index (χ0) is 19.9. The second-order valence-corrected chi connectivity index (χ2v) is 8.57. The smallest absolute Gasteiger partial charge is 0.0590 e. The van der Waals surface area contributed by atoms with Crippen molar-refractivity contribution in [3.8, 4) is 11.1 Å². The van der Waals surface area contributed by atoms with Crippen LogP contribution in [0.3, 0.4) is 0 Å². The van der Waals surface area contributed by atoms with Gasteiger partial charge in [0, 0.05) is 21.2 Å². The minimum atomic E-state index is 1.10. The van der Waals surface area contributed by atoms with Gasteiger partial charge in [-0.15, -0.1) is 11.3 Å². The Morgan fingerprint density at radius 3 is 2.27 bits per heavy atom. The third-order valence-corrected chi connectivity index (χ3v) is 6.84. The summed E-state index contributed by atoms with van der Waals surface area (Å²) in [7, 11) is 0. The number of rotatable bonds is 3. The first-order valence-electron chi connectivity index (χ1n) is 10.1. The Bertz CT molecular complexity index is 1510. The Kier molecular flexibility index (Phi) is 4.03. The van der Waals surface area contributed by atoms with Crippen molar-refractivity contribution in [1.29, 1.82) is 0 Å². The molecule has 1 nitrogen and oxygen atoms in total. The van der Waals surface area contributed by atoms with Gasteiger partial charge in [-0.05, 0) is 46.2 Å². The summed E-state index contributed by atoms with van der Waals surface area (Å²) in [6, 6.07) is 38.8. The number of thiophene rings is 1. The summed E-state index contributed by atoms with van der Waals surface area (Å²) in [4.78, 5) is 0. The first kappa shape index (κ1) is 17.3. The minimum Gasteiger partial charge on any atom is -0.354 e. The first-order chi connectivity index (χ1) is 14.9. The van der Waals surface area contributed by atoms with Gasteiger partial charge in [0.2, 0.25) is 0 Å². The Labute approximate surface area is 179 Å². The predicted molar refractivity (Wildman–Crippen MR) is 132 cm³/mol. The van der Waals surface area contributed by atoms with Crippen molar-refractivity contribution in [3.63, 3.8) is 0 Å². The van der Waals surface area contributed by atoms with Gasteiger partial charge in [0.1, 0.15) is 0 Å². The van der Waals surface area contributed by atoms with Crippen LogP contribution in [0.1, 0.15) is 0 Å². The van der Waals surface area contributed by atoms with Gasteiger partial charge < -0.3 is 5.32 Å². The molecule has 0 bridgehead atoms. The largest absolute Gasteiger partial charge is 0.354 e. The molecule has 2 heteroatoms. The zero-order valence-corrected chi connectivity index (χ0v) is 17.1. The lowest BCUT2D eigenvalue weighted by Crippen LogP contribution is -1.90. The highest BCUT2D eigenvalue weighted by molar-refractivity contribution is 7.26. The van der Waals surface area contributed by atoms with Crippen LogP contribution in [-0.2, 0) is 0 Å². The Hall–Kier alpha value is -3.62. The molecular weight excluding hydrogens is 382 g/mol. The molecule has 0 aliphatic carbocycles. The zero-order valence-electron chi connectivity index (χ0n) is 16.3. The van der Waals surface area contributed by atoms with Crippen molar-refractivity contribution >= 4 is 53.7 Å². The lowest BCUT2D eigenvalue weighted by molar-refractivity contribution is 1.57. The molecular formula is C28H19NS. The van der Waals surface area contributed by atoms with Gasteiger partial charge in [-0.25, -0.2) is 0 Å². The molecule has 0 aliphatic rings. The molecule has 142 valence electrons. The van der Waals surface area contributed by atoms with Gasteiger partial charge in [0.25, 0.3) is 0 Å². The molecule has 0 atom stereocenters. The molecule has 0 radical (unpaired) electrons. The SMILES string of the molecule is c1ccc(-c2cccc(Nc3cccc4c3sc3ccc5ccccc5c34)c2)cc1. The lowest BCUT2D eigenvalue weighted by Gasteiger charge is -2.10. The fraction of sp³-hybridized carbons (Fsp3) is 0. The van der Waals surface area contributed by atoms with Crippen LogP contribution in [0.25, 0.3) is 42.1 Å². The van der Waals surface area contributed by atoms with Crippen LogP contribution in [-0.4, -0.2) is 0 Å². The van der Waals surface area contributed by atoms with E-state index in [1.807, 2.05) is 11.3 Å². The summed E-state index contributed by atoms with van der Waals surface area (Å²) in [5.74, 6) is 0. The molecule has 0 unspecified atom stereocenters. The van der Waals surface area contributed by atoms with Crippen LogP contribution in [0.2, 0.25) is 0 Å². The third kappa shape index (κ3) is 2.85. The van der Waals surface area contributed by atoms with E-state index in [1.165, 1.54) is 42.1 Å². The number of anilines is 2. The van der Waals surface area contributed by atoms with Crippen LogP contribution < -0.4 is 5.32 Å². The van der Waals surface area contributed by atoms with Gasteiger partial charge in [-0.1, -0.05) is 84.9 Å². The van der Waals surface area contributed by atoms with E-state index in [-0.39, 0.29) is 0 Å². The summed E-state index contributed by atoms with van der Waals surface area (Å²) in [5.41, 5.74) is 4.71. The maximum atomic E-state index is 3.68. The third-order valence-electron chi connectivity index (χ3n) is 5.64. The topological polar surface area (TPSA) is 12.0 Å². The van der Waals surface area contributed by atoms with Crippen molar-refractivity contribution < 1.29 is 0 Å². The molecule has 0 fully saturated rings. The van der Waals surface area contributed by atoms with Gasteiger partial charge in [0.05, 0.1) is 10.4 Å². The fourth-order valence-electron chi connectivity index (χ4n) is 4.23. The summed E-state index contributed by atoms with van der Waals surface area (Å²) in [6.45, 7) is 0. The number of nitrogens with one attached hydrogen (secondary N) is 1. The molecule has 1 N–H and O–H groups in total. The number of fused-ring (bicyclic) bond motifs is 5. The van der Waals surface area contributed by atoms with Crippen molar-refractivity contribution in [1.82, 2.24) is 0 Å². The Balaban J connectivity index is 1.49. The minimum absolute atomic E-state index is 1.10. The summed E-state index contributed by atoms with van der Waals surface area (Å²) >= 11 is 1.86. The second-order valence-electron chi connectivity index (χ2n) is 7.52.